The first-order chi connectivity index (χ1) is 7.72. The van der Waals surface area contributed by atoms with Crippen LogP contribution in [0.3, 0.4) is 0 Å². The van der Waals surface area contributed by atoms with E-state index < -0.39 is 0 Å². The number of anilines is 1. The van der Waals surface area contributed by atoms with Gasteiger partial charge in [0.05, 0.1) is 30.5 Å². The monoisotopic (exact) mass is 218 g/mol. The van der Waals surface area contributed by atoms with Crippen molar-refractivity contribution in [3.05, 3.63) is 24.0 Å². The highest BCUT2D eigenvalue weighted by Gasteiger charge is 2.63. The van der Waals surface area contributed by atoms with Gasteiger partial charge < -0.3 is 10.1 Å². The second-order valence-electron chi connectivity index (χ2n) is 4.72. The van der Waals surface area contributed by atoms with Crippen LogP contribution >= 0.6 is 0 Å². The summed E-state index contributed by atoms with van der Waals surface area (Å²) in [6.45, 7) is 3.27. The minimum Gasteiger partial charge on any atom is -0.380 e. The summed E-state index contributed by atoms with van der Waals surface area (Å²) in [5, 5.41) is 2.95. The summed E-state index contributed by atoms with van der Waals surface area (Å²) in [4.78, 5) is 16.1. The van der Waals surface area contributed by atoms with Crippen molar-refractivity contribution in [2.75, 3.05) is 18.5 Å². The fourth-order valence-corrected chi connectivity index (χ4v) is 2.34. The van der Waals surface area contributed by atoms with Gasteiger partial charge in [-0.2, -0.15) is 0 Å². The number of aromatic nitrogens is 1. The van der Waals surface area contributed by atoms with Crippen LogP contribution in [0.25, 0.3) is 0 Å². The molecule has 1 aliphatic heterocycles. The first kappa shape index (κ1) is 9.78. The summed E-state index contributed by atoms with van der Waals surface area (Å²) >= 11 is 0. The molecule has 84 valence electrons. The lowest BCUT2D eigenvalue weighted by Gasteiger charge is -2.12. The van der Waals surface area contributed by atoms with Crippen LogP contribution in [0.2, 0.25) is 0 Å². The minimum absolute atomic E-state index is 0.0890. The Kier molecular flexibility index (Phi) is 2.01. The largest absolute Gasteiger partial charge is 0.380 e. The highest BCUT2D eigenvalue weighted by molar-refractivity contribution is 5.98. The maximum absolute atomic E-state index is 12.1. The van der Waals surface area contributed by atoms with Crippen molar-refractivity contribution >= 4 is 11.6 Å². The molecule has 2 fully saturated rings. The number of ether oxygens (including phenoxy) is 1. The van der Waals surface area contributed by atoms with Crippen LogP contribution in [0.1, 0.15) is 12.0 Å². The molecule has 4 nitrogen and oxygen atoms in total. The fraction of sp³-hybridized carbons (Fsp3) is 0.500. The molecule has 1 N–H and O–H groups in total. The standard InChI is InChI=1S/C12H14N2O2/c1-8-2-3-13-5-10(8)14-11(15)12-4-9(12)6-16-7-12/h2-3,5,9H,4,6-7H2,1H3,(H,14,15)/t9-,12-/m0/s1. The minimum atomic E-state index is -0.234. The topological polar surface area (TPSA) is 51.2 Å². The van der Waals surface area contributed by atoms with Crippen LogP contribution < -0.4 is 5.32 Å². The van der Waals surface area contributed by atoms with E-state index in [9.17, 15) is 4.79 Å². The molecule has 1 saturated carbocycles. The Morgan fingerprint density at radius 3 is 3.19 bits per heavy atom. The third kappa shape index (κ3) is 1.33. The number of aryl methyl sites for hydroxylation is 1. The maximum Gasteiger partial charge on any atom is 0.233 e. The summed E-state index contributed by atoms with van der Waals surface area (Å²) in [5.74, 6) is 0.524. The van der Waals surface area contributed by atoms with E-state index in [1.807, 2.05) is 13.0 Å². The number of amides is 1. The van der Waals surface area contributed by atoms with Crippen LogP contribution in [-0.2, 0) is 9.53 Å². The molecule has 4 heteroatoms. The van der Waals surface area contributed by atoms with E-state index in [-0.39, 0.29) is 11.3 Å². The molecule has 2 atom stereocenters. The van der Waals surface area contributed by atoms with E-state index >= 15 is 0 Å². The number of carbonyl (C=O) groups excluding carboxylic acids is 1. The molecule has 1 aromatic rings. The summed E-state index contributed by atoms with van der Waals surface area (Å²) in [5.41, 5.74) is 1.61. The normalized spacial score (nSPS) is 30.9. The van der Waals surface area contributed by atoms with Gasteiger partial charge in [0, 0.05) is 12.1 Å². The molecule has 1 aromatic heterocycles. The van der Waals surface area contributed by atoms with Crippen molar-refractivity contribution < 1.29 is 9.53 Å². The molecule has 0 aromatic carbocycles. The van der Waals surface area contributed by atoms with Crippen molar-refractivity contribution in [2.45, 2.75) is 13.3 Å². The quantitative estimate of drug-likeness (QED) is 0.815. The van der Waals surface area contributed by atoms with Gasteiger partial charge in [0.15, 0.2) is 0 Å². The third-order valence-electron chi connectivity index (χ3n) is 3.65. The lowest BCUT2D eigenvalue weighted by molar-refractivity contribution is -0.121. The summed E-state index contributed by atoms with van der Waals surface area (Å²) < 4.78 is 5.32. The number of hydrogen-bond donors (Lipinski definition) is 1. The van der Waals surface area contributed by atoms with Crippen molar-refractivity contribution in [3.63, 3.8) is 0 Å². The number of rotatable bonds is 2. The summed E-state index contributed by atoms with van der Waals surface area (Å²) in [6.07, 6.45) is 4.39. The average molecular weight is 218 g/mol. The van der Waals surface area contributed by atoms with Crippen LogP contribution in [0.5, 0.6) is 0 Å². The molecule has 0 spiro atoms. The van der Waals surface area contributed by atoms with Crippen molar-refractivity contribution in [1.82, 2.24) is 4.98 Å². The zero-order valence-electron chi connectivity index (χ0n) is 9.19. The van der Waals surface area contributed by atoms with Gasteiger partial charge >= 0.3 is 0 Å². The highest BCUT2D eigenvalue weighted by Crippen LogP contribution is 2.57. The average Bonchev–Trinajstić information content (AvgIpc) is 2.85. The Hall–Kier alpha value is -1.42. The zero-order valence-corrected chi connectivity index (χ0v) is 9.19. The number of fused-ring (bicyclic) bond motifs is 1. The Bertz CT molecular complexity index is 446. The molecule has 1 amide bonds. The SMILES string of the molecule is Cc1ccncc1NC(=O)[C@@]12COC[C@@H]1C2. The van der Waals surface area contributed by atoms with Crippen molar-refractivity contribution in [2.24, 2.45) is 11.3 Å². The predicted molar refractivity (Wildman–Crippen MR) is 59.0 cm³/mol. The first-order valence-corrected chi connectivity index (χ1v) is 5.52. The molecule has 2 heterocycles. The Labute approximate surface area is 94.0 Å². The van der Waals surface area contributed by atoms with Gasteiger partial charge in [-0.15, -0.1) is 0 Å². The van der Waals surface area contributed by atoms with E-state index in [0.717, 1.165) is 24.3 Å². The molecule has 2 aliphatic rings. The second-order valence-corrected chi connectivity index (χ2v) is 4.72. The van der Waals surface area contributed by atoms with Gasteiger partial charge in [0.25, 0.3) is 0 Å². The lowest BCUT2D eigenvalue weighted by atomic mass is 10.1. The van der Waals surface area contributed by atoms with E-state index in [4.69, 9.17) is 4.74 Å². The molecular formula is C12H14N2O2. The number of hydrogen-bond acceptors (Lipinski definition) is 3. The van der Waals surface area contributed by atoms with Gasteiger partial charge in [0.2, 0.25) is 5.91 Å². The van der Waals surface area contributed by atoms with Gasteiger partial charge in [0.1, 0.15) is 0 Å². The lowest BCUT2D eigenvalue weighted by Crippen LogP contribution is -2.27. The predicted octanol–water partition coefficient (Wildman–Crippen LogP) is 1.37. The zero-order chi connectivity index (χ0) is 11.2. The van der Waals surface area contributed by atoms with Crippen LogP contribution in [0, 0.1) is 18.3 Å². The molecule has 0 bridgehead atoms. The third-order valence-corrected chi connectivity index (χ3v) is 3.65. The Morgan fingerprint density at radius 2 is 2.56 bits per heavy atom. The van der Waals surface area contributed by atoms with Crippen LogP contribution in [-0.4, -0.2) is 24.1 Å². The Balaban J connectivity index is 1.76. The highest BCUT2D eigenvalue weighted by atomic mass is 16.5. The molecule has 0 radical (unpaired) electrons. The van der Waals surface area contributed by atoms with E-state index in [1.165, 1.54) is 0 Å². The molecule has 0 unspecified atom stereocenters. The van der Waals surface area contributed by atoms with Crippen molar-refractivity contribution in [1.29, 1.82) is 0 Å². The van der Waals surface area contributed by atoms with E-state index in [1.54, 1.807) is 12.4 Å². The van der Waals surface area contributed by atoms with Gasteiger partial charge in [-0.1, -0.05) is 0 Å². The van der Waals surface area contributed by atoms with E-state index in [2.05, 4.69) is 10.3 Å². The van der Waals surface area contributed by atoms with Crippen LogP contribution in [0.4, 0.5) is 5.69 Å². The van der Waals surface area contributed by atoms with Gasteiger partial charge in [-0.3, -0.25) is 9.78 Å². The summed E-state index contributed by atoms with van der Waals surface area (Å²) in [6, 6.07) is 1.89. The van der Waals surface area contributed by atoms with Gasteiger partial charge in [-0.25, -0.2) is 0 Å². The molecule has 16 heavy (non-hydrogen) atoms. The number of carbonyl (C=O) groups is 1. The number of nitrogens with zero attached hydrogens (tertiary/aromatic N) is 1. The smallest absolute Gasteiger partial charge is 0.233 e. The number of nitrogens with one attached hydrogen (secondary N) is 1. The number of pyridine rings is 1. The first-order valence-electron chi connectivity index (χ1n) is 5.52. The fourth-order valence-electron chi connectivity index (χ4n) is 2.34. The molecule has 1 saturated heterocycles. The maximum atomic E-state index is 12.1. The molecular weight excluding hydrogens is 204 g/mol. The summed E-state index contributed by atoms with van der Waals surface area (Å²) in [7, 11) is 0. The van der Waals surface area contributed by atoms with E-state index in [0.29, 0.717) is 12.5 Å². The van der Waals surface area contributed by atoms with Gasteiger partial charge in [-0.05, 0) is 25.0 Å². The Morgan fingerprint density at radius 1 is 1.69 bits per heavy atom. The van der Waals surface area contributed by atoms with Crippen molar-refractivity contribution in [3.8, 4) is 0 Å². The second kappa shape index (κ2) is 3.28. The van der Waals surface area contributed by atoms with Crippen LogP contribution in [0.15, 0.2) is 18.5 Å². The molecule has 1 aliphatic carbocycles. The molecule has 3 rings (SSSR count).